The highest BCUT2D eigenvalue weighted by atomic mass is 28.2. The van der Waals surface area contributed by atoms with Crippen LogP contribution in [-0.4, -0.2) is 50.7 Å². The maximum absolute atomic E-state index is 9.27. The van der Waals surface area contributed by atoms with E-state index in [-0.39, 0.29) is 6.61 Å². The summed E-state index contributed by atoms with van der Waals surface area (Å²) in [6, 6.07) is 0. The van der Waals surface area contributed by atoms with E-state index in [9.17, 15) is 5.11 Å². The Labute approximate surface area is 63.0 Å². The summed E-state index contributed by atoms with van der Waals surface area (Å²) in [5.41, 5.74) is -1.32. The molecule has 0 aliphatic rings. The lowest BCUT2D eigenvalue weighted by Crippen LogP contribution is -2.45. The summed E-state index contributed by atoms with van der Waals surface area (Å²) in [5.74, 6) is 0. The lowest BCUT2D eigenvalue weighted by Gasteiger charge is -2.26. The Morgan fingerprint density at radius 1 is 1.70 bits per heavy atom. The van der Waals surface area contributed by atoms with Crippen LogP contribution >= 0.6 is 0 Å². The topological polar surface area (TPSA) is 69.9 Å². The fourth-order valence-corrected chi connectivity index (χ4v) is 1.17. The van der Waals surface area contributed by atoms with Crippen LogP contribution in [0.1, 0.15) is 6.92 Å². The fraction of sp³-hybridized carbons (Fsp3) is 1.00. The third-order valence-corrected chi connectivity index (χ3v) is 1.62. The Kier molecular flexibility index (Phi) is 4.07. The molecule has 0 amide bonds. The Bertz CT molecular complexity index is 95.6. The van der Waals surface area contributed by atoms with E-state index in [1.54, 1.807) is 0 Å². The van der Waals surface area contributed by atoms with Crippen LogP contribution in [0.3, 0.4) is 0 Å². The molecule has 0 aromatic carbocycles. The van der Waals surface area contributed by atoms with Crippen molar-refractivity contribution in [2.24, 2.45) is 0 Å². The van der Waals surface area contributed by atoms with Crippen LogP contribution in [0.5, 0.6) is 0 Å². The van der Waals surface area contributed by atoms with E-state index in [0.717, 1.165) is 0 Å². The summed E-state index contributed by atoms with van der Waals surface area (Å²) in [4.78, 5) is 0. The summed E-state index contributed by atoms with van der Waals surface area (Å²) in [6.45, 7) is 1.05. The van der Waals surface area contributed by atoms with Crippen molar-refractivity contribution in [1.29, 1.82) is 0 Å². The Hall–Kier alpha value is 0.0569. The van der Waals surface area contributed by atoms with Gasteiger partial charge in [-0.2, -0.15) is 0 Å². The van der Waals surface area contributed by atoms with Gasteiger partial charge in [0, 0.05) is 0 Å². The lowest BCUT2D eigenvalue weighted by molar-refractivity contribution is -0.102. The molecular formula is C5H14O4Si. The Morgan fingerprint density at radius 2 is 2.20 bits per heavy atom. The zero-order chi connectivity index (χ0) is 8.20. The highest BCUT2D eigenvalue weighted by Crippen LogP contribution is 2.08. The molecule has 62 valence electrons. The molecule has 0 radical (unpaired) electrons. The number of aliphatic hydroxyl groups excluding tert-OH is 2. The second kappa shape index (κ2) is 4.04. The molecule has 0 aliphatic heterocycles. The average molecular weight is 166 g/mol. The minimum absolute atomic E-state index is 0.0704. The molecule has 2 atom stereocenters. The molecule has 0 saturated heterocycles. The van der Waals surface area contributed by atoms with E-state index < -0.39 is 18.3 Å². The zero-order valence-corrected chi connectivity index (χ0v) is 8.24. The van der Waals surface area contributed by atoms with Gasteiger partial charge in [-0.05, 0) is 6.92 Å². The lowest BCUT2D eigenvalue weighted by atomic mass is 10.0. The maximum Gasteiger partial charge on any atom is 0.146 e. The van der Waals surface area contributed by atoms with Crippen molar-refractivity contribution in [2.45, 2.75) is 18.6 Å². The van der Waals surface area contributed by atoms with E-state index in [1.165, 1.54) is 6.92 Å². The molecule has 3 N–H and O–H groups in total. The molecule has 0 heterocycles. The average Bonchev–Trinajstić information content (AvgIpc) is 1.86. The second-order valence-corrected chi connectivity index (χ2v) is 3.07. The summed E-state index contributed by atoms with van der Waals surface area (Å²) >= 11 is 0. The van der Waals surface area contributed by atoms with Gasteiger partial charge >= 0.3 is 0 Å². The van der Waals surface area contributed by atoms with Crippen LogP contribution < -0.4 is 0 Å². The van der Waals surface area contributed by atoms with Crippen LogP contribution in [0.25, 0.3) is 0 Å². The van der Waals surface area contributed by atoms with Crippen molar-refractivity contribution < 1.29 is 19.7 Å². The standard InChI is InChI=1S/C5H14O4Si/c1-5(8,3-9-10)4(7)2-6/h4,6-8H,2-3H2,1,10H3/t4-,5+/m1/s1. The van der Waals surface area contributed by atoms with Gasteiger partial charge in [0.15, 0.2) is 0 Å². The highest BCUT2D eigenvalue weighted by Gasteiger charge is 2.29. The molecule has 0 bridgehead atoms. The number of hydrogen-bond acceptors (Lipinski definition) is 4. The van der Waals surface area contributed by atoms with Crippen molar-refractivity contribution in [2.75, 3.05) is 13.2 Å². The molecule has 0 saturated carbocycles. The number of hydrogen-bond donors (Lipinski definition) is 3. The van der Waals surface area contributed by atoms with Crippen molar-refractivity contribution >= 4 is 10.5 Å². The van der Waals surface area contributed by atoms with Crippen molar-refractivity contribution in [3.05, 3.63) is 0 Å². The molecule has 0 aromatic rings. The van der Waals surface area contributed by atoms with E-state index in [1.807, 2.05) is 0 Å². The molecule has 0 unspecified atom stereocenters. The van der Waals surface area contributed by atoms with Crippen molar-refractivity contribution in [3.63, 3.8) is 0 Å². The van der Waals surface area contributed by atoms with Gasteiger partial charge in [0.2, 0.25) is 0 Å². The normalized spacial score (nSPS) is 20.4. The largest absolute Gasteiger partial charge is 0.425 e. The quantitative estimate of drug-likeness (QED) is 0.400. The van der Waals surface area contributed by atoms with Gasteiger partial charge in [0.05, 0.1) is 13.2 Å². The van der Waals surface area contributed by atoms with E-state index in [0.29, 0.717) is 10.5 Å². The third-order valence-electron chi connectivity index (χ3n) is 1.33. The first-order valence-corrected chi connectivity index (χ1v) is 3.86. The highest BCUT2D eigenvalue weighted by molar-refractivity contribution is 5.97. The molecular weight excluding hydrogens is 152 g/mol. The predicted molar refractivity (Wildman–Crippen MR) is 39.6 cm³/mol. The molecule has 0 fully saturated rings. The van der Waals surface area contributed by atoms with Crippen LogP contribution in [0.4, 0.5) is 0 Å². The Morgan fingerprint density at radius 3 is 2.50 bits per heavy atom. The van der Waals surface area contributed by atoms with E-state index in [2.05, 4.69) is 0 Å². The summed E-state index contributed by atoms with van der Waals surface area (Å²) in [7, 11) is 0.515. The smallest absolute Gasteiger partial charge is 0.146 e. The van der Waals surface area contributed by atoms with Gasteiger partial charge in [-0.25, -0.2) is 0 Å². The Balaban J connectivity index is 3.82. The molecule has 0 aromatic heterocycles. The minimum atomic E-state index is -1.32. The van der Waals surface area contributed by atoms with E-state index >= 15 is 0 Å². The van der Waals surface area contributed by atoms with Gasteiger partial charge in [-0.15, -0.1) is 0 Å². The first-order chi connectivity index (χ1) is 4.54. The van der Waals surface area contributed by atoms with Crippen LogP contribution in [0.15, 0.2) is 0 Å². The van der Waals surface area contributed by atoms with Crippen LogP contribution in [0, 0.1) is 0 Å². The van der Waals surface area contributed by atoms with Crippen LogP contribution in [0.2, 0.25) is 0 Å². The number of aliphatic hydroxyl groups is 3. The molecule has 0 aliphatic carbocycles. The van der Waals surface area contributed by atoms with Gasteiger partial charge in [0.25, 0.3) is 0 Å². The molecule has 4 nitrogen and oxygen atoms in total. The maximum atomic E-state index is 9.27. The molecule has 0 spiro atoms. The summed E-state index contributed by atoms with van der Waals surface area (Å²) < 4.78 is 4.75. The van der Waals surface area contributed by atoms with Gasteiger partial charge in [-0.1, -0.05) is 0 Å². The molecule has 10 heavy (non-hydrogen) atoms. The first kappa shape index (κ1) is 10.1. The fourth-order valence-electron chi connectivity index (χ4n) is 0.585. The monoisotopic (exact) mass is 166 g/mol. The zero-order valence-electron chi connectivity index (χ0n) is 6.24. The van der Waals surface area contributed by atoms with Crippen molar-refractivity contribution in [1.82, 2.24) is 0 Å². The van der Waals surface area contributed by atoms with E-state index in [4.69, 9.17) is 14.6 Å². The predicted octanol–water partition coefficient (Wildman–Crippen LogP) is -2.61. The SMILES string of the molecule is C[C@](O)(CO[SiH3])[C@H](O)CO. The third kappa shape index (κ3) is 2.76. The van der Waals surface area contributed by atoms with Gasteiger partial charge in [-0.3, -0.25) is 0 Å². The number of rotatable bonds is 4. The minimum Gasteiger partial charge on any atom is -0.425 e. The van der Waals surface area contributed by atoms with Gasteiger partial charge in [0.1, 0.15) is 22.2 Å². The summed E-state index contributed by atoms with van der Waals surface area (Å²) in [5, 5.41) is 26.7. The van der Waals surface area contributed by atoms with Gasteiger partial charge < -0.3 is 19.7 Å². The molecule has 5 heteroatoms. The molecule has 0 rings (SSSR count). The first-order valence-electron chi connectivity index (χ1n) is 3.05. The second-order valence-electron chi connectivity index (χ2n) is 2.49. The summed E-state index contributed by atoms with van der Waals surface area (Å²) in [6.07, 6.45) is -1.12. The van der Waals surface area contributed by atoms with Crippen molar-refractivity contribution in [3.8, 4) is 0 Å². The van der Waals surface area contributed by atoms with Crippen LogP contribution in [-0.2, 0) is 4.43 Å².